The number of hydrogen-bond donors (Lipinski definition) is 1. The van der Waals surface area contributed by atoms with E-state index in [0.29, 0.717) is 39.9 Å². The lowest BCUT2D eigenvalue weighted by Gasteiger charge is -2.30. The number of hydrogen-bond acceptors (Lipinski definition) is 6. The molecule has 0 aliphatic carbocycles. The average Bonchev–Trinajstić information content (AvgIpc) is 2.76. The van der Waals surface area contributed by atoms with E-state index in [0.717, 1.165) is 42.8 Å². The molecule has 0 bridgehead atoms. The summed E-state index contributed by atoms with van der Waals surface area (Å²) in [6.45, 7) is 4.84. The van der Waals surface area contributed by atoms with E-state index in [2.05, 4.69) is 11.8 Å². The summed E-state index contributed by atoms with van der Waals surface area (Å²) in [5.41, 5.74) is 8.44. The van der Waals surface area contributed by atoms with Crippen LogP contribution in [0.1, 0.15) is 25.3 Å². The zero-order valence-electron chi connectivity index (χ0n) is 17.4. The van der Waals surface area contributed by atoms with Crippen LogP contribution in [0.2, 0.25) is 0 Å². The molecule has 31 heavy (non-hydrogen) atoms. The molecular weight excluding hydrogens is 392 g/mol. The van der Waals surface area contributed by atoms with Crippen LogP contribution in [-0.2, 0) is 6.54 Å². The second-order valence-electron chi connectivity index (χ2n) is 8.43. The molecule has 6 nitrogen and oxygen atoms in total. The Morgan fingerprint density at radius 1 is 1.00 bits per heavy atom. The highest BCUT2D eigenvalue weighted by molar-refractivity contribution is 5.97. The summed E-state index contributed by atoms with van der Waals surface area (Å²) in [6, 6.07) is 14.0. The first-order valence-electron chi connectivity index (χ1n) is 10.6. The van der Waals surface area contributed by atoms with Gasteiger partial charge >= 0.3 is 11.3 Å². The van der Waals surface area contributed by atoms with Crippen molar-refractivity contribution in [3.63, 3.8) is 0 Å². The van der Waals surface area contributed by atoms with Crippen LogP contribution < -0.4 is 17.0 Å². The zero-order valence-corrected chi connectivity index (χ0v) is 17.4. The predicted molar refractivity (Wildman–Crippen MR) is 122 cm³/mol. The molecule has 0 unspecified atom stereocenters. The molecule has 1 aliphatic rings. The summed E-state index contributed by atoms with van der Waals surface area (Å²) in [6.07, 6.45) is 2.27. The zero-order chi connectivity index (χ0) is 21.5. The molecule has 3 heterocycles. The average molecular weight is 416 g/mol. The Balaban J connectivity index is 1.68. The third-order valence-electron chi connectivity index (χ3n) is 6.24. The fourth-order valence-electron chi connectivity index (χ4n) is 4.38. The van der Waals surface area contributed by atoms with Crippen LogP contribution in [0.3, 0.4) is 0 Å². The van der Waals surface area contributed by atoms with Crippen LogP contribution in [0.25, 0.3) is 33.1 Å². The summed E-state index contributed by atoms with van der Waals surface area (Å²) in [4.78, 5) is 27.6. The quantitative estimate of drug-likeness (QED) is 0.394. The largest absolute Gasteiger partial charge is 0.422 e. The van der Waals surface area contributed by atoms with Crippen molar-refractivity contribution in [1.29, 1.82) is 0 Å². The second-order valence-corrected chi connectivity index (χ2v) is 8.43. The number of piperidine rings is 1. The molecule has 5 rings (SSSR count). The van der Waals surface area contributed by atoms with Gasteiger partial charge in [0, 0.05) is 40.2 Å². The summed E-state index contributed by atoms with van der Waals surface area (Å²) in [5, 5.41) is 1.47. The van der Waals surface area contributed by atoms with Gasteiger partial charge in [-0.25, -0.2) is 9.59 Å². The predicted octanol–water partition coefficient (Wildman–Crippen LogP) is 4.38. The van der Waals surface area contributed by atoms with Crippen molar-refractivity contribution in [2.75, 3.05) is 18.8 Å². The summed E-state index contributed by atoms with van der Waals surface area (Å²) >= 11 is 0. The minimum atomic E-state index is -0.519. The summed E-state index contributed by atoms with van der Waals surface area (Å²) in [5.74, 6) is 0.720. The number of benzene rings is 2. The molecule has 6 heteroatoms. The molecule has 1 aliphatic heterocycles. The van der Waals surface area contributed by atoms with Crippen molar-refractivity contribution in [2.24, 2.45) is 5.92 Å². The molecule has 2 N–H and O–H groups in total. The molecule has 0 saturated carbocycles. The topological polar surface area (TPSA) is 89.7 Å². The monoisotopic (exact) mass is 416 g/mol. The van der Waals surface area contributed by atoms with Gasteiger partial charge in [-0.1, -0.05) is 25.1 Å². The highest BCUT2D eigenvalue weighted by atomic mass is 16.4. The van der Waals surface area contributed by atoms with Crippen molar-refractivity contribution in [1.82, 2.24) is 4.90 Å². The van der Waals surface area contributed by atoms with E-state index in [4.69, 9.17) is 14.6 Å². The molecule has 158 valence electrons. The maximum Gasteiger partial charge on any atom is 0.344 e. The standard InChI is InChI=1S/C25H24N2O4/c1-15-8-10-27(11-9-15)14-20-21(26)7-6-17-18(13-23(28)31-24(17)20)19-12-16-4-2-3-5-22(16)30-25(19)29/h2-7,12-13,15H,8-11,14,26H2,1H3. The molecule has 0 amide bonds. The van der Waals surface area contributed by atoms with Crippen molar-refractivity contribution >= 4 is 27.6 Å². The van der Waals surface area contributed by atoms with Crippen LogP contribution in [0, 0.1) is 5.92 Å². The molecule has 4 aromatic rings. The summed E-state index contributed by atoms with van der Waals surface area (Å²) < 4.78 is 11.1. The van der Waals surface area contributed by atoms with Gasteiger partial charge in [-0.05, 0) is 56.1 Å². The fourth-order valence-corrected chi connectivity index (χ4v) is 4.38. The van der Waals surface area contributed by atoms with E-state index in [9.17, 15) is 9.59 Å². The normalized spacial score (nSPS) is 15.6. The molecule has 2 aromatic carbocycles. The van der Waals surface area contributed by atoms with Gasteiger partial charge in [0.15, 0.2) is 0 Å². The van der Waals surface area contributed by atoms with Crippen LogP contribution >= 0.6 is 0 Å². The van der Waals surface area contributed by atoms with Crippen molar-refractivity contribution in [3.05, 3.63) is 74.9 Å². The number of rotatable bonds is 3. The minimum absolute atomic E-state index is 0.333. The van der Waals surface area contributed by atoms with E-state index in [1.165, 1.54) is 6.07 Å². The lowest BCUT2D eigenvalue weighted by molar-refractivity contribution is 0.185. The van der Waals surface area contributed by atoms with Crippen LogP contribution in [0.5, 0.6) is 0 Å². The van der Waals surface area contributed by atoms with E-state index >= 15 is 0 Å². The first-order valence-corrected chi connectivity index (χ1v) is 10.6. The van der Waals surface area contributed by atoms with Gasteiger partial charge < -0.3 is 14.6 Å². The Kier molecular flexibility index (Phi) is 4.87. The lowest BCUT2D eigenvalue weighted by Crippen LogP contribution is -2.32. The molecule has 0 radical (unpaired) electrons. The molecule has 0 spiro atoms. The van der Waals surface area contributed by atoms with E-state index < -0.39 is 11.3 Å². The number of nitrogens with zero attached hydrogens (tertiary/aromatic N) is 1. The number of likely N-dealkylation sites (tertiary alicyclic amines) is 1. The van der Waals surface area contributed by atoms with Gasteiger partial charge in [-0.15, -0.1) is 0 Å². The van der Waals surface area contributed by atoms with E-state index in [1.54, 1.807) is 18.2 Å². The van der Waals surface area contributed by atoms with Gasteiger partial charge in [0.2, 0.25) is 0 Å². The third kappa shape index (κ3) is 3.64. The second kappa shape index (κ2) is 7.71. The summed E-state index contributed by atoms with van der Waals surface area (Å²) in [7, 11) is 0. The molecule has 1 saturated heterocycles. The van der Waals surface area contributed by atoms with Gasteiger partial charge in [0.05, 0.1) is 5.56 Å². The fraction of sp³-hybridized carbons (Fsp3) is 0.280. The van der Waals surface area contributed by atoms with Crippen molar-refractivity contribution < 1.29 is 8.83 Å². The smallest absolute Gasteiger partial charge is 0.344 e. The molecular formula is C25H24N2O4. The van der Waals surface area contributed by atoms with Crippen molar-refractivity contribution in [3.8, 4) is 11.1 Å². The molecule has 0 atom stereocenters. The molecule has 1 fully saturated rings. The number of para-hydroxylation sites is 1. The highest BCUT2D eigenvalue weighted by Crippen LogP contribution is 2.33. The van der Waals surface area contributed by atoms with Crippen LogP contribution in [0.15, 0.2) is 67.0 Å². The Labute approximate surface area is 178 Å². The number of fused-ring (bicyclic) bond motifs is 2. The van der Waals surface area contributed by atoms with Crippen molar-refractivity contribution in [2.45, 2.75) is 26.3 Å². The molecule has 2 aromatic heterocycles. The number of anilines is 1. The number of nitrogens with two attached hydrogens (primary N) is 1. The van der Waals surface area contributed by atoms with Gasteiger partial charge in [0.1, 0.15) is 11.2 Å². The SMILES string of the molecule is CC1CCN(Cc2c(N)ccc3c(-c4cc5ccccc5oc4=O)cc(=O)oc23)CC1. The van der Waals surface area contributed by atoms with E-state index in [-0.39, 0.29) is 0 Å². The Morgan fingerprint density at radius 3 is 2.58 bits per heavy atom. The Hall–Kier alpha value is -3.38. The first kappa shape index (κ1) is 19.6. The van der Waals surface area contributed by atoms with E-state index in [1.807, 2.05) is 24.3 Å². The Morgan fingerprint density at radius 2 is 1.77 bits per heavy atom. The Bertz CT molecular complexity index is 1390. The maximum atomic E-state index is 12.8. The van der Waals surface area contributed by atoms with Gasteiger partial charge in [-0.3, -0.25) is 4.90 Å². The maximum absolute atomic E-state index is 12.8. The van der Waals surface area contributed by atoms with Crippen LogP contribution in [-0.4, -0.2) is 18.0 Å². The first-order chi connectivity index (χ1) is 15.0. The van der Waals surface area contributed by atoms with Gasteiger partial charge in [-0.2, -0.15) is 0 Å². The highest BCUT2D eigenvalue weighted by Gasteiger charge is 2.21. The third-order valence-corrected chi connectivity index (χ3v) is 6.24. The number of nitrogen functional groups attached to an aromatic ring is 1. The minimum Gasteiger partial charge on any atom is -0.422 e. The van der Waals surface area contributed by atoms with Crippen LogP contribution in [0.4, 0.5) is 5.69 Å². The lowest BCUT2D eigenvalue weighted by atomic mass is 9.97. The van der Waals surface area contributed by atoms with Gasteiger partial charge in [0.25, 0.3) is 0 Å².